The third kappa shape index (κ3) is 2.26. The van der Waals surface area contributed by atoms with Gasteiger partial charge in [-0.1, -0.05) is 12.1 Å². The maximum absolute atomic E-state index is 12.9. The number of rotatable bonds is 1. The Morgan fingerprint density at radius 2 is 2.08 bits per heavy atom. The molecular formula is C19H21NO4. The number of ether oxygens (including phenoxy) is 1. The van der Waals surface area contributed by atoms with E-state index in [-0.39, 0.29) is 18.2 Å². The van der Waals surface area contributed by atoms with Gasteiger partial charge in [0.15, 0.2) is 11.5 Å². The maximum Gasteiger partial charge on any atom is 0.290 e. The van der Waals surface area contributed by atoms with Crippen LogP contribution in [-0.2, 0) is 9.53 Å². The Labute approximate surface area is 140 Å². The molecule has 2 saturated heterocycles. The van der Waals surface area contributed by atoms with E-state index in [0.29, 0.717) is 25.3 Å². The van der Waals surface area contributed by atoms with Crippen molar-refractivity contribution in [1.82, 2.24) is 4.90 Å². The quantitative estimate of drug-likeness (QED) is 0.808. The average Bonchev–Trinajstić information content (AvgIpc) is 3.15. The van der Waals surface area contributed by atoms with Gasteiger partial charge in [0.25, 0.3) is 5.91 Å². The summed E-state index contributed by atoms with van der Waals surface area (Å²) in [5, 5.41) is 0.947. The molecule has 0 bridgehead atoms. The van der Waals surface area contributed by atoms with Crippen molar-refractivity contribution >= 4 is 22.7 Å². The maximum atomic E-state index is 12.9. The number of piperidine rings is 1. The number of aryl methyl sites for hydroxylation is 2. The largest absolute Gasteiger partial charge is 0.451 e. The molecule has 0 N–H and O–H groups in total. The average molecular weight is 327 g/mol. The summed E-state index contributed by atoms with van der Waals surface area (Å²) in [7, 11) is 0. The van der Waals surface area contributed by atoms with Crippen molar-refractivity contribution in [2.45, 2.75) is 38.7 Å². The number of ketones is 1. The van der Waals surface area contributed by atoms with E-state index in [1.807, 2.05) is 32.0 Å². The minimum Gasteiger partial charge on any atom is -0.451 e. The first kappa shape index (κ1) is 15.4. The number of Topliss-reactive ketones (excluding diaryl/α,β-unsaturated/α-hetero) is 1. The molecule has 0 saturated carbocycles. The Bertz CT molecular complexity index is 829. The van der Waals surface area contributed by atoms with Crippen LogP contribution in [-0.4, -0.2) is 41.9 Å². The molecule has 5 heteroatoms. The van der Waals surface area contributed by atoms with E-state index in [1.54, 1.807) is 4.90 Å². The summed E-state index contributed by atoms with van der Waals surface area (Å²) in [6.45, 7) is 5.15. The first-order valence-electron chi connectivity index (χ1n) is 8.46. The number of hydrogen-bond acceptors (Lipinski definition) is 4. The standard InChI is InChI=1S/C19H21NO4/c1-12-4-5-14-13(2)17(24-15(14)10-12)18(22)20-8-7-19(16(21)11-20)6-3-9-23-19/h4-5,10H,3,6-9,11H2,1-2H3/t19-/m0/s1. The van der Waals surface area contributed by atoms with E-state index in [2.05, 4.69) is 0 Å². The van der Waals surface area contributed by atoms with Crippen molar-refractivity contribution in [2.75, 3.05) is 19.7 Å². The fourth-order valence-corrected chi connectivity index (χ4v) is 3.82. The Balaban J connectivity index is 1.60. The highest BCUT2D eigenvalue weighted by Crippen LogP contribution is 2.34. The second kappa shape index (κ2) is 5.45. The van der Waals surface area contributed by atoms with Crippen molar-refractivity contribution in [3.8, 4) is 0 Å². The molecule has 1 aromatic carbocycles. The van der Waals surface area contributed by atoms with Crippen LogP contribution in [0, 0.1) is 13.8 Å². The molecular weight excluding hydrogens is 306 g/mol. The van der Waals surface area contributed by atoms with Crippen LogP contribution in [0.3, 0.4) is 0 Å². The molecule has 1 amide bonds. The van der Waals surface area contributed by atoms with Gasteiger partial charge in [0.1, 0.15) is 11.2 Å². The lowest BCUT2D eigenvalue weighted by molar-refractivity contribution is -0.144. The highest BCUT2D eigenvalue weighted by molar-refractivity contribution is 6.02. The molecule has 1 aromatic heterocycles. The van der Waals surface area contributed by atoms with Crippen LogP contribution in [0.5, 0.6) is 0 Å². The molecule has 2 aliphatic rings. The topological polar surface area (TPSA) is 59.8 Å². The van der Waals surface area contributed by atoms with Gasteiger partial charge < -0.3 is 14.1 Å². The van der Waals surface area contributed by atoms with Gasteiger partial charge in [0.05, 0.1) is 6.54 Å². The van der Waals surface area contributed by atoms with Crippen LogP contribution in [0.25, 0.3) is 11.0 Å². The number of nitrogens with zero attached hydrogens (tertiary/aromatic N) is 1. The van der Waals surface area contributed by atoms with Crippen molar-refractivity contribution in [2.24, 2.45) is 0 Å². The summed E-state index contributed by atoms with van der Waals surface area (Å²) >= 11 is 0. The fourth-order valence-electron chi connectivity index (χ4n) is 3.82. The highest BCUT2D eigenvalue weighted by Gasteiger charge is 2.46. The zero-order valence-electron chi connectivity index (χ0n) is 14.1. The molecule has 5 nitrogen and oxygen atoms in total. The molecule has 2 aliphatic heterocycles. The van der Waals surface area contributed by atoms with Gasteiger partial charge in [-0.25, -0.2) is 0 Å². The SMILES string of the molecule is Cc1ccc2c(C)c(C(=O)N3CC[C@@]4(CCCO4)C(=O)C3)oc2c1. The minimum atomic E-state index is -0.642. The van der Waals surface area contributed by atoms with Crippen LogP contribution < -0.4 is 0 Å². The van der Waals surface area contributed by atoms with E-state index in [9.17, 15) is 9.59 Å². The molecule has 0 unspecified atom stereocenters. The lowest BCUT2D eigenvalue weighted by atomic mass is 9.87. The van der Waals surface area contributed by atoms with Gasteiger partial charge in [-0.05, 0) is 38.3 Å². The number of likely N-dealkylation sites (tertiary alicyclic amines) is 1. The first-order valence-corrected chi connectivity index (χ1v) is 8.46. The molecule has 1 atom stereocenters. The number of carbonyl (C=O) groups excluding carboxylic acids is 2. The van der Waals surface area contributed by atoms with Gasteiger partial charge in [0, 0.05) is 30.5 Å². The van der Waals surface area contributed by atoms with Crippen LogP contribution in [0.15, 0.2) is 22.6 Å². The Kier molecular flexibility index (Phi) is 3.49. The van der Waals surface area contributed by atoms with Crippen molar-refractivity contribution in [1.29, 1.82) is 0 Å². The smallest absolute Gasteiger partial charge is 0.290 e. The normalized spacial score (nSPS) is 24.2. The number of furan rings is 1. The molecule has 2 aromatic rings. The number of amides is 1. The fraction of sp³-hybridized carbons (Fsp3) is 0.474. The predicted octanol–water partition coefficient (Wildman–Crippen LogP) is 3.01. The summed E-state index contributed by atoms with van der Waals surface area (Å²) in [5.41, 5.74) is 2.00. The van der Waals surface area contributed by atoms with Gasteiger partial charge in [-0.15, -0.1) is 0 Å². The van der Waals surface area contributed by atoms with Gasteiger partial charge in [0.2, 0.25) is 0 Å². The molecule has 126 valence electrons. The van der Waals surface area contributed by atoms with Gasteiger partial charge in [-0.2, -0.15) is 0 Å². The second-order valence-electron chi connectivity index (χ2n) is 6.90. The van der Waals surface area contributed by atoms with Crippen LogP contribution >= 0.6 is 0 Å². The monoisotopic (exact) mass is 327 g/mol. The summed E-state index contributed by atoms with van der Waals surface area (Å²) in [5.74, 6) is 0.151. The zero-order valence-corrected chi connectivity index (χ0v) is 14.1. The predicted molar refractivity (Wildman–Crippen MR) is 89.1 cm³/mol. The van der Waals surface area contributed by atoms with E-state index in [1.165, 1.54) is 0 Å². The zero-order chi connectivity index (χ0) is 16.9. The van der Waals surface area contributed by atoms with E-state index in [0.717, 1.165) is 34.9 Å². The van der Waals surface area contributed by atoms with Crippen molar-refractivity contribution in [3.05, 3.63) is 35.1 Å². The molecule has 3 heterocycles. The minimum absolute atomic E-state index is 0.0178. The van der Waals surface area contributed by atoms with Gasteiger partial charge in [-0.3, -0.25) is 9.59 Å². The molecule has 2 fully saturated rings. The molecule has 0 aliphatic carbocycles. The van der Waals surface area contributed by atoms with Crippen molar-refractivity contribution < 1.29 is 18.7 Å². The highest BCUT2D eigenvalue weighted by atomic mass is 16.5. The summed E-state index contributed by atoms with van der Waals surface area (Å²) in [6, 6.07) is 5.91. The lowest BCUT2D eigenvalue weighted by Gasteiger charge is -2.36. The lowest BCUT2D eigenvalue weighted by Crippen LogP contribution is -2.53. The van der Waals surface area contributed by atoms with Crippen LogP contribution in [0.1, 0.15) is 40.9 Å². The second-order valence-corrected chi connectivity index (χ2v) is 6.90. The third-order valence-corrected chi connectivity index (χ3v) is 5.31. The van der Waals surface area contributed by atoms with Gasteiger partial charge >= 0.3 is 0 Å². The molecule has 0 radical (unpaired) electrons. The summed E-state index contributed by atoms with van der Waals surface area (Å²) in [6.07, 6.45) is 2.27. The van der Waals surface area contributed by atoms with E-state index in [4.69, 9.17) is 9.15 Å². The number of benzene rings is 1. The van der Waals surface area contributed by atoms with Crippen LogP contribution in [0.2, 0.25) is 0 Å². The number of fused-ring (bicyclic) bond motifs is 1. The van der Waals surface area contributed by atoms with E-state index >= 15 is 0 Å². The Morgan fingerprint density at radius 3 is 2.79 bits per heavy atom. The van der Waals surface area contributed by atoms with Crippen molar-refractivity contribution in [3.63, 3.8) is 0 Å². The summed E-state index contributed by atoms with van der Waals surface area (Å²) < 4.78 is 11.5. The Morgan fingerprint density at radius 1 is 1.25 bits per heavy atom. The number of hydrogen-bond donors (Lipinski definition) is 0. The van der Waals surface area contributed by atoms with Crippen LogP contribution in [0.4, 0.5) is 0 Å². The first-order chi connectivity index (χ1) is 11.5. The summed E-state index contributed by atoms with van der Waals surface area (Å²) in [4.78, 5) is 27.0. The molecule has 4 rings (SSSR count). The number of carbonyl (C=O) groups is 2. The molecule has 1 spiro atoms. The molecule has 24 heavy (non-hydrogen) atoms. The Hall–Kier alpha value is -2.14. The van der Waals surface area contributed by atoms with E-state index < -0.39 is 5.60 Å². The third-order valence-electron chi connectivity index (χ3n) is 5.31.